The third-order valence-electron chi connectivity index (χ3n) is 2.73. The van der Waals surface area contributed by atoms with Gasteiger partial charge in [0.25, 0.3) is 6.43 Å². The second-order valence-electron chi connectivity index (χ2n) is 6.00. The van der Waals surface area contributed by atoms with Gasteiger partial charge in [0, 0.05) is 18.7 Å². The van der Waals surface area contributed by atoms with Crippen molar-refractivity contribution in [2.75, 3.05) is 13.1 Å². The summed E-state index contributed by atoms with van der Waals surface area (Å²) in [7, 11) is 0. The number of carbonyl (C=O) groups is 1. The molecule has 0 aliphatic rings. The topological polar surface area (TPSA) is 50.4 Å². The van der Waals surface area contributed by atoms with E-state index in [-0.39, 0.29) is 5.56 Å². The minimum absolute atomic E-state index is 0.0332. The number of alkyl carbamates (subject to hydrolysis) is 1. The molecule has 1 rings (SSSR count). The van der Waals surface area contributed by atoms with Crippen LogP contribution in [0.3, 0.4) is 0 Å². The van der Waals surface area contributed by atoms with Gasteiger partial charge in [-0.15, -0.1) is 0 Å². The van der Waals surface area contributed by atoms with Gasteiger partial charge in [-0.25, -0.2) is 13.6 Å². The summed E-state index contributed by atoms with van der Waals surface area (Å²) < 4.78 is 30.2. The maximum absolute atomic E-state index is 12.6. The van der Waals surface area contributed by atoms with Crippen molar-refractivity contribution in [3.63, 3.8) is 0 Å². The number of carbonyl (C=O) groups excluding carboxylic acids is 1. The van der Waals surface area contributed by atoms with Gasteiger partial charge in [0.15, 0.2) is 0 Å². The van der Waals surface area contributed by atoms with E-state index in [1.807, 2.05) is 20.8 Å². The van der Waals surface area contributed by atoms with Crippen LogP contribution < -0.4 is 10.6 Å². The largest absolute Gasteiger partial charge is 0.444 e. The van der Waals surface area contributed by atoms with E-state index in [1.165, 1.54) is 12.1 Å². The van der Waals surface area contributed by atoms with E-state index in [1.54, 1.807) is 12.1 Å². The minimum Gasteiger partial charge on any atom is -0.444 e. The van der Waals surface area contributed by atoms with E-state index in [0.29, 0.717) is 19.6 Å². The van der Waals surface area contributed by atoms with Crippen LogP contribution >= 0.6 is 0 Å². The number of amides is 1. The van der Waals surface area contributed by atoms with E-state index in [0.717, 1.165) is 12.0 Å². The van der Waals surface area contributed by atoms with E-state index >= 15 is 0 Å². The van der Waals surface area contributed by atoms with Crippen molar-refractivity contribution < 1.29 is 18.3 Å². The highest BCUT2D eigenvalue weighted by molar-refractivity contribution is 5.67. The third kappa shape index (κ3) is 7.93. The monoisotopic (exact) mass is 314 g/mol. The average Bonchev–Trinajstić information content (AvgIpc) is 2.41. The molecule has 0 aliphatic heterocycles. The highest BCUT2D eigenvalue weighted by atomic mass is 19.3. The molecule has 0 radical (unpaired) electrons. The summed E-state index contributed by atoms with van der Waals surface area (Å²) in [6.45, 7) is 7.12. The molecule has 0 unspecified atom stereocenters. The summed E-state index contributed by atoms with van der Waals surface area (Å²) in [6, 6.07) is 6.34. The number of ether oxygens (including phenoxy) is 1. The predicted molar refractivity (Wildman–Crippen MR) is 82.0 cm³/mol. The summed E-state index contributed by atoms with van der Waals surface area (Å²) >= 11 is 0. The fraction of sp³-hybridized carbons (Fsp3) is 0.562. The standard InChI is InChI=1S/C16H24F2N2O2/c1-16(2,3)22-15(21)20-9-5-8-19-11-12-6-4-7-13(10-12)14(17)18/h4,6-7,10,14,19H,5,8-9,11H2,1-3H3,(H,20,21). The Labute approximate surface area is 130 Å². The van der Waals surface area contributed by atoms with Crippen LogP contribution in [0.5, 0.6) is 0 Å². The van der Waals surface area contributed by atoms with Gasteiger partial charge in [-0.05, 0) is 45.4 Å². The number of rotatable bonds is 7. The molecule has 0 spiro atoms. The Morgan fingerprint density at radius 3 is 2.64 bits per heavy atom. The van der Waals surface area contributed by atoms with Gasteiger partial charge >= 0.3 is 6.09 Å². The van der Waals surface area contributed by atoms with Gasteiger partial charge in [0.05, 0.1) is 0 Å². The van der Waals surface area contributed by atoms with Crippen molar-refractivity contribution in [1.29, 1.82) is 0 Å². The Bertz CT molecular complexity index is 473. The van der Waals surface area contributed by atoms with Gasteiger partial charge in [0.1, 0.15) is 5.60 Å². The molecule has 0 fully saturated rings. The lowest BCUT2D eigenvalue weighted by molar-refractivity contribution is 0.0527. The van der Waals surface area contributed by atoms with Crippen molar-refractivity contribution in [2.24, 2.45) is 0 Å². The molecule has 0 atom stereocenters. The fourth-order valence-electron chi connectivity index (χ4n) is 1.79. The molecule has 0 saturated heterocycles. The van der Waals surface area contributed by atoms with Crippen molar-refractivity contribution in [1.82, 2.24) is 10.6 Å². The van der Waals surface area contributed by atoms with Crippen LogP contribution in [0.2, 0.25) is 0 Å². The first-order valence-corrected chi connectivity index (χ1v) is 7.32. The van der Waals surface area contributed by atoms with Gasteiger partial charge in [0.2, 0.25) is 0 Å². The first-order chi connectivity index (χ1) is 10.3. The molecule has 22 heavy (non-hydrogen) atoms. The molecule has 0 bridgehead atoms. The first kappa shape index (κ1) is 18.4. The van der Waals surface area contributed by atoms with Gasteiger partial charge < -0.3 is 15.4 Å². The molecule has 6 heteroatoms. The predicted octanol–water partition coefficient (Wildman–Crippen LogP) is 3.63. The normalized spacial score (nSPS) is 11.5. The Morgan fingerprint density at radius 2 is 2.00 bits per heavy atom. The van der Waals surface area contributed by atoms with Crippen molar-refractivity contribution in [2.45, 2.75) is 45.8 Å². The molecule has 2 N–H and O–H groups in total. The third-order valence-corrected chi connectivity index (χ3v) is 2.73. The Kier molecular flexibility index (Phi) is 7.24. The van der Waals surface area contributed by atoms with E-state index in [2.05, 4.69) is 10.6 Å². The molecule has 0 aliphatic carbocycles. The van der Waals surface area contributed by atoms with E-state index in [4.69, 9.17) is 4.74 Å². The summed E-state index contributed by atoms with van der Waals surface area (Å²) in [5.41, 5.74) is 0.349. The summed E-state index contributed by atoms with van der Waals surface area (Å²) in [4.78, 5) is 11.4. The Balaban J connectivity index is 2.16. The number of halogens is 2. The number of alkyl halides is 2. The summed E-state index contributed by atoms with van der Waals surface area (Å²) in [5.74, 6) is 0. The molecular weight excluding hydrogens is 290 g/mol. The van der Waals surface area contributed by atoms with Gasteiger partial charge in [-0.1, -0.05) is 18.2 Å². The lowest BCUT2D eigenvalue weighted by Gasteiger charge is -2.19. The maximum Gasteiger partial charge on any atom is 0.407 e. The molecule has 1 amide bonds. The second kappa shape index (κ2) is 8.68. The molecule has 0 heterocycles. The highest BCUT2D eigenvalue weighted by Gasteiger charge is 2.15. The SMILES string of the molecule is CC(C)(C)OC(=O)NCCCNCc1cccc(C(F)F)c1. The highest BCUT2D eigenvalue weighted by Crippen LogP contribution is 2.19. The minimum atomic E-state index is -2.45. The van der Waals surface area contributed by atoms with Crippen LogP contribution in [0.1, 0.15) is 44.7 Å². The number of hydrogen-bond acceptors (Lipinski definition) is 3. The quantitative estimate of drug-likeness (QED) is 0.756. The molecule has 1 aromatic carbocycles. The van der Waals surface area contributed by atoms with Crippen LogP contribution in [0, 0.1) is 0 Å². The first-order valence-electron chi connectivity index (χ1n) is 7.32. The van der Waals surface area contributed by atoms with Crippen molar-refractivity contribution in [3.8, 4) is 0 Å². The zero-order valence-electron chi connectivity index (χ0n) is 13.3. The smallest absolute Gasteiger partial charge is 0.407 e. The zero-order chi connectivity index (χ0) is 16.6. The average molecular weight is 314 g/mol. The van der Waals surface area contributed by atoms with Crippen LogP contribution in [0.25, 0.3) is 0 Å². The molecule has 1 aromatic rings. The van der Waals surface area contributed by atoms with E-state index in [9.17, 15) is 13.6 Å². The second-order valence-corrected chi connectivity index (χ2v) is 6.00. The van der Waals surface area contributed by atoms with Crippen molar-refractivity contribution in [3.05, 3.63) is 35.4 Å². The lowest BCUT2D eigenvalue weighted by atomic mass is 10.1. The molecular formula is C16H24F2N2O2. The number of hydrogen-bond donors (Lipinski definition) is 2. The molecule has 0 aromatic heterocycles. The number of nitrogens with one attached hydrogen (secondary N) is 2. The fourth-order valence-corrected chi connectivity index (χ4v) is 1.79. The zero-order valence-corrected chi connectivity index (χ0v) is 13.3. The Hall–Kier alpha value is -1.69. The number of benzene rings is 1. The molecule has 124 valence electrons. The molecule has 0 saturated carbocycles. The summed E-state index contributed by atoms with van der Waals surface area (Å²) in [5, 5.41) is 5.81. The van der Waals surface area contributed by atoms with Crippen molar-refractivity contribution >= 4 is 6.09 Å². The van der Waals surface area contributed by atoms with E-state index < -0.39 is 18.1 Å². The lowest BCUT2D eigenvalue weighted by Crippen LogP contribution is -2.33. The Morgan fingerprint density at radius 1 is 1.27 bits per heavy atom. The van der Waals surface area contributed by atoms with Crippen LogP contribution in [0.15, 0.2) is 24.3 Å². The van der Waals surface area contributed by atoms with Gasteiger partial charge in [-0.3, -0.25) is 0 Å². The summed E-state index contributed by atoms with van der Waals surface area (Å²) in [6.07, 6.45) is -2.15. The van der Waals surface area contributed by atoms with Crippen LogP contribution in [-0.2, 0) is 11.3 Å². The molecule has 4 nitrogen and oxygen atoms in total. The van der Waals surface area contributed by atoms with Gasteiger partial charge in [-0.2, -0.15) is 0 Å². The maximum atomic E-state index is 12.6. The van der Waals surface area contributed by atoms with Crippen LogP contribution in [0.4, 0.5) is 13.6 Å². The van der Waals surface area contributed by atoms with Crippen LogP contribution in [-0.4, -0.2) is 24.8 Å².